The lowest BCUT2D eigenvalue weighted by molar-refractivity contribution is -0.110. The summed E-state index contributed by atoms with van der Waals surface area (Å²) in [6, 6.07) is 1.25. The fourth-order valence-corrected chi connectivity index (χ4v) is 4.75. The van der Waals surface area contributed by atoms with E-state index in [-0.39, 0.29) is 5.04 Å². The summed E-state index contributed by atoms with van der Waals surface area (Å²) in [7, 11) is -0.717. The number of aliphatic hydroxyl groups excluding tert-OH is 1. The number of ether oxygens (including phenoxy) is 2. The normalized spacial score (nSPS) is 34.8. The Bertz CT molecular complexity index is 782. The summed E-state index contributed by atoms with van der Waals surface area (Å²) in [4.78, 5) is 25.6. The minimum absolute atomic E-state index is 0.0557. The first-order valence-electron chi connectivity index (χ1n) is 8.33. The van der Waals surface area contributed by atoms with Gasteiger partial charge in [0.2, 0.25) is 0 Å². The van der Waals surface area contributed by atoms with E-state index in [1.165, 1.54) is 23.9 Å². The van der Waals surface area contributed by atoms with E-state index >= 15 is 0 Å². The number of H-pyrrole nitrogens is 1. The van der Waals surface area contributed by atoms with Crippen molar-refractivity contribution in [2.24, 2.45) is 0 Å². The SMILES string of the molecule is CO[C@H]1[C@H](n2ccc(=O)[nH]c2=O)O[C@@H]2C(O)C21O[Si](C)(C)C(C)(C)C. The molecule has 1 aliphatic heterocycles. The molecule has 1 aliphatic carbocycles. The van der Waals surface area contributed by atoms with Crippen molar-refractivity contribution in [2.45, 2.75) is 69.0 Å². The number of aromatic amines is 1. The second kappa shape index (κ2) is 5.62. The molecular weight excluding hydrogens is 344 g/mol. The zero-order valence-corrected chi connectivity index (χ0v) is 16.4. The number of nitrogens with zero attached hydrogens (tertiary/aromatic N) is 1. The fourth-order valence-electron chi connectivity index (χ4n) is 3.20. The molecule has 1 aromatic rings. The number of aromatic nitrogens is 2. The van der Waals surface area contributed by atoms with E-state index < -0.39 is 49.7 Å². The highest BCUT2D eigenvalue weighted by Gasteiger charge is 2.80. The molecule has 1 saturated heterocycles. The molecule has 1 saturated carbocycles. The summed E-state index contributed by atoms with van der Waals surface area (Å²) < 4.78 is 19.3. The molecule has 2 unspecified atom stereocenters. The van der Waals surface area contributed by atoms with Crippen molar-refractivity contribution in [2.75, 3.05) is 7.11 Å². The maximum Gasteiger partial charge on any atom is 0.330 e. The second-order valence-electron chi connectivity index (χ2n) is 8.28. The van der Waals surface area contributed by atoms with Crippen LogP contribution in [0.15, 0.2) is 21.9 Å². The van der Waals surface area contributed by atoms with Crippen LogP contribution in [0.5, 0.6) is 0 Å². The van der Waals surface area contributed by atoms with Gasteiger partial charge in [0.1, 0.15) is 23.9 Å². The molecule has 5 atom stereocenters. The Labute approximate surface area is 146 Å². The van der Waals surface area contributed by atoms with Crippen LogP contribution >= 0.6 is 0 Å². The highest BCUT2D eigenvalue weighted by atomic mass is 28.4. The van der Waals surface area contributed by atoms with Crippen molar-refractivity contribution in [1.29, 1.82) is 0 Å². The molecular formula is C16H26N2O6Si. The van der Waals surface area contributed by atoms with Gasteiger partial charge in [0, 0.05) is 19.4 Å². The summed E-state index contributed by atoms with van der Waals surface area (Å²) in [5, 5.41) is 10.4. The van der Waals surface area contributed by atoms with E-state index in [9.17, 15) is 14.7 Å². The third kappa shape index (κ3) is 2.65. The van der Waals surface area contributed by atoms with Crippen molar-refractivity contribution in [1.82, 2.24) is 9.55 Å². The first-order chi connectivity index (χ1) is 11.5. The molecule has 0 bridgehead atoms. The van der Waals surface area contributed by atoms with Gasteiger partial charge in [0.05, 0.1) is 0 Å². The van der Waals surface area contributed by atoms with Crippen molar-refractivity contribution >= 4 is 8.32 Å². The molecule has 140 valence electrons. The molecule has 2 N–H and O–H groups in total. The number of hydrogen-bond donors (Lipinski definition) is 2. The summed E-state index contributed by atoms with van der Waals surface area (Å²) in [6.07, 6.45) is -1.43. The van der Waals surface area contributed by atoms with Crippen molar-refractivity contribution in [3.63, 3.8) is 0 Å². The zero-order chi connectivity index (χ0) is 18.8. The number of methoxy groups -OCH3 is 1. The lowest BCUT2D eigenvalue weighted by Gasteiger charge is -2.41. The minimum atomic E-state index is -2.22. The summed E-state index contributed by atoms with van der Waals surface area (Å²) in [6.45, 7) is 10.5. The highest BCUT2D eigenvalue weighted by molar-refractivity contribution is 6.74. The van der Waals surface area contributed by atoms with E-state index in [2.05, 4.69) is 38.8 Å². The van der Waals surface area contributed by atoms with Crippen LogP contribution in [-0.2, 0) is 13.9 Å². The van der Waals surface area contributed by atoms with E-state index in [0.29, 0.717) is 0 Å². The quantitative estimate of drug-likeness (QED) is 0.752. The molecule has 1 aromatic heterocycles. The van der Waals surface area contributed by atoms with Crippen molar-refractivity contribution in [3.05, 3.63) is 33.1 Å². The minimum Gasteiger partial charge on any atom is -0.403 e. The fraction of sp³-hybridized carbons (Fsp3) is 0.750. The average Bonchev–Trinajstić information content (AvgIpc) is 2.87. The third-order valence-electron chi connectivity index (χ3n) is 5.69. The summed E-state index contributed by atoms with van der Waals surface area (Å²) in [5.41, 5.74) is -2.05. The number of hydrogen-bond acceptors (Lipinski definition) is 6. The molecule has 2 fully saturated rings. The number of aliphatic hydroxyl groups is 1. The Kier molecular flexibility index (Phi) is 4.16. The monoisotopic (exact) mass is 370 g/mol. The Morgan fingerprint density at radius 1 is 1.36 bits per heavy atom. The smallest absolute Gasteiger partial charge is 0.330 e. The Morgan fingerprint density at radius 2 is 2.00 bits per heavy atom. The van der Waals surface area contributed by atoms with Crippen molar-refractivity contribution < 1.29 is 19.0 Å². The Morgan fingerprint density at radius 3 is 2.52 bits per heavy atom. The van der Waals surface area contributed by atoms with Crippen LogP contribution in [0.3, 0.4) is 0 Å². The van der Waals surface area contributed by atoms with E-state index in [0.717, 1.165) is 0 Å². The van der Waals surface area contributed by atoms with Crippen LogP contribution in [0.2, 0.25) is 18.1 Å². The van der Waals surface area contributed by atoms with Crippen LogP contribution in [0.25, 0.3) is 0 Å². The van der Waals surface area contributed by atoms with Gasteiger partial charge in [-0.25, -0.2) is 4.79 Å². The molecule has 8 nitrogen and oxygen atoms in total. The van der Waals surface area contributed by atoms with Gasteiger partial charge >= 0.3 is 5.69 Å². The standard InChI is InChI=1S/C16H26N2O6Si/c1-15(2,3)25(5,6)24-16-10(20)11(16)23-13(12(16)22-4)18-8-7-9(19)17-14(18)21/h7-8,10-13,20H,1-6H3,(H,17,19,21)/t10?,11-,12+,13-,16?/m1/s1. The second-order valence-corrected chi connectivity index (χ2v) is 13.0. The van der Waals surface area contributed by atoms with Gasteiger partial charge in [-0.15, -0.1) is 0 Å². The van der Waals surface area contributed by atoms with Gasteiger partial charge in [-0.2, -0.15) is 0 Å². The maximum absolute atomic E-state index is 12.1. The van der Waals surface area contributed by atoms with Crippen LogP contribution in [0.1, 0.15) is 27.0 Å². The van der Waals surface area contributed by atoms with Crippen LogP contribution in [0, 0.1) is 0 Å². The summed E-state index contributed by atoms with van der Waals surface area (Å²) in [5.74, 6) is 0. The Hall–Kier alpha value is -1.26. The van der Waals surface area contributed by atoms with E-state index in [1.54, 1.807) is 0 Å². The molecule has 0 amide bonds. The number of rotatable bonds is 4. The van der Waals surface area contributed by atoms with Crippen molar-refractivity contribution in [3.8, 4) is 0 Å². The molecule has 0 radical (unpaired) electrons. The molecule has 2 aliphatic rings. The average molecular weight is 370 g/mol. The molecule has 0 spiro atoms. The predicted octanol–water partition coefficient (Wildman–Crippen LogP) is 0.584. The van der Waals surface area contributed by atoms with Crippen LogP contribution < -0.4 is 11.2 Å². The lowest BCUT2D eigenvalue weighted by atomic mass is 10.1. The Balaban J connectivity index is 1.96. The van der Waals surface area contributed by atoms with Gasteiger partial charge in [0.15, 0.2) is 14.5 Å². The molecule has 9 heteroatoms. The predicted molar refractivity (Wildman–Crippen MR) is 93.0 cm³/mol. The first-order valence-corrected chi connectivity index (χ1v) is 11.2. The third-order valence-corrected chi connectivity index (χ3v) is 10.2. The molecule has 3 rings (SSSR count). The highest BCUT2D eigenvalue weighted by Crippen LogP contribution is 2.59. The van der Waals surface area contributed by atoms with Gasteiger partial charge < -0.3 is 19.0 Å². The number of fused-ring (bicyclic) bond motifs is 1. The maximum atomic E-state index is 12.1. The van der Waals surface area contributed by atoms with Gasteiger partial charge in [-0.1, -0.05) is 20.8 Å². The lowest BCUT2D eigenvalue weighted by Crippen LogP contribution is -2.52. The molecule has 2 heterocycles. The van der Waals surface area contributed by atoms with Crippen LogP contribution in [-0.4, -0.2) is 54.0 Å². The summed E-state index contributed by atoms with van der Waals surface area (Å²) >= 11 is 0. The van der Waals surface area contributed by atoms with E-state index in [4.69, 9.17) is 13.9 Å². The van der Waals surface area contributed by atoms with E-state index in [1.807, 2.05) is 0 Å². The largest absolute Gasteiger partial charge is 0.403 e. The first kappa shape index (κ1) is 18.5. The topological polar surface area (TPSA) is 103 Å². The van der Waals surface area contributed by atoms with Gasteiger partial charge in [-0.3, -0.25) is 14.3 Å². The van der Waals surface area contributed by atoms with Crippen LogP contribution in [0.4, 0.5) is 0 Å². The molecule has 25 heavy (non-hydrogen) atoms. The van der Waals surface area contributed by atoms with Gasteiger partial charge in [-0.05, 0) is 18.1 Å². The molecule has 0 aromatic carbocycles. The van der Waals surface area contributed by atoms with Gasteiger partial charge in [0.25, 0.3) is 5.56 Å². The zero-order valence-electron chi connectivity index (χ0n) is 15.4. The number of nitrogens with one attached hydrogen (secondary N) is 1.